The summed E-state index contributed by atoms with van der Waals surface area (Å²) >= 11 is 0. The van der Waals surface area contributed by atoms with Crippen LogP contribution in [0.5, 0.6) is 5.75 Å². The zero-order valence-corrected chi connectivity index (χ0v) is 19.8. The normalized spacial score (nSPS) is 16.6. The lowest BCUT2D eigenvalue weighted by atomic mass is 9.99. The van der Waals surface area contributed by atoms with Crippen LogP contribution in [0.2, 0.25) is 0 Å². The van der Waals surface area contributed by atoms with Crippen LogP contribution >= 0.6 is 0 Å². The van der Waals surface area contributed by atoms with Crippen LogP contribution in [0, 0.1) is 0 Å². The Labute approximate surface area is 196 Å². The topological polar surface area (TPSA) is 91.8 Å². The Hall–Kier alpha value is -2.66. The van der Waals surface area contributed by atoms with Crippen LogP contribution in [0.25, 0.3) is 11.3 Å². The Kier molecular flexibility index (Phi) is 7.28. The van der Waals surface area contributed by atoms with Gasteiger partial charge in [-0.3, -0.25) is 9.78 Å². The molecule has 1 saturated heterocycles. The lowest BCUT2D eigenvalue weighted by Gasteiger charge is -2.36. The summed E-state index contributed by atoms with van der Waals surface area (Å²) in [4.78, 5) is 17.1. The van der Waals surface area contributed by atoms with E-state index in [1.165, 1.54) is 42.6 Å². The van der Waals surface area contributed by atoms with Crippen LogP contribution in [0.15, 0.2) is 47.5 Å². The molecule has 2 heterocycles. The van der Waals surface area contributed by atoms with Crippen LogP contribution in [0.4, 0.5) is 13.2 Å². The van der Waals surface area contributed by atoms with Gasteiger partial charge < -0.3 is 14.2 Å². The fourth-order valence-electron chi connectivity index (χ4n) is 3.48. The van der Waals surface area contributed by atoms with Gasteiger partial charge in [-0.05, 0) is 57.2 Å². The van der Waals surface area contributed by atoms with Crippen molar-refractivity contribution in [3.05, 3.63) is 42.6 Å². The number of nitrogens with zero attached hydrogens (tertiary/aromatic N) is 1. The average molecular weight is 502 g/mol. The predicted molar refractivity (Wildman–Crippen MR) is 117 cm³/mol. The number of alkyl halides is 3. The summed E-state index contributed by atoms with van der Waals surface area (Å²) < 4.78 is 77.7. The van der Waals surface area contributed by atoms with E-state index >= 15 is 0 Å². The molecule has 2 aromatic rings. The first kappa shape index (κ1) is 26.0. The van der Waals surface area contributed by atoms with Crippen LogP contribution in [-0.4, -0.2) is 55.7 Å². The SMILES string of the molecule is CC(C)(C)OC(=O)C1(S(=O)(=O)c2ccc(-c3ccc(OCC(F)(F)F)cc3)nc2)CCOCC1. The summed E-state index contributed by atoms with van der Waals surface area (Å²) in [7, 11) is -4.17. The second kappa shape index (κ2) is 9.53. The van der Waals surface area contributed by atoms with Crippen molar-refractivity contribution in [3.8, 4) is 17.0 Å². The Balaban J connectivity index is 1.85. The Bertz CT molecular complexity index is 1100. The van der Waals surface area contributed by atoms with Crippen molar-refractivity contribution in [1.82, 2.24) is 4.98 Å². The highest BCUT2D eigenvalue weighted by Crippen LogP contribution is 2.37. The molecule has 0 bridgehead atoms. The number of aromatic nitrogens is 1. The second-order valence-corrected chi connectivity index (χ2v) is 11.2. The number of hydrogen-bond acceptors (Lipinski definition) is 7. The minimum atomic E-state index is -4.44. The monoisotopic (exact) mass is 501 g/mol. The lowest BCUT2D eigenvalue weighted by molar-refractivity contribution is -0.161. The van der Waals surface area contributed by atoms with Crippen molar-refractivity contribution in [2.75, 3.05) is 19.8 Å². The molecule has 186 valence electrons. The van der Waals surface area contributed by atoms with Crippen molar-refractivity contribution in [1.29, 1.82) is 0 Å². The largest absolute Gasteiger partial charge is 0.484 e. The van der Waals surface area contributed by atoms with Crippen LogP contribution in [-0.2, 0) is 24.1 Å². The Morgan fingerprint density at radius 3 is 2.18 bits per heavy atom. The fraction of sp³-hybridized carbons (Fsp3) is 0.478. The number of benzene rings is 1. The molecule has 0 radical (unpaired) electrons. The van der Waals surface area contributed by atoms with E-state index in [1.807, 2.05) is 0 Å². The average Bonchev–Trinajstić information content (AvgIpc) is 2.77. The van der Waals surface area contributed by atoms with E-state index in [9.17, 15) is 26.4 Å². The number of sulfone groups is 1. The minimum Gasteiger partial charge on any atom is -0.484 e. The Morgan fingerprint density at radius 2 is 1.68 bits per heavy atom. The maximum absolute atomic E-state index is 13.6. The molecule has 34 heavy (non-hydrogen) atoms. The van der Waals surface area contributed by atoms with Gasteiger partial charge in [0.2, 0.25) is 0 Å². The molecule has 0 unspecified atom stereocenters. The van der Waals surface area contributed by atoms with Crippen LogP contribution in [0.1, 0.15) is 33.6 Å². The molecule has 0 N–H and O–H groups in total. The Morgan fingerprint density at radius 1 is 1.06 bits per heavy atom. The van der Waals surface area contributed by atoms with Gasteiger partial charge in [0.05, 0.1) is 10.6 Å². The standard InChI is InChI=1S/C23H26F3NO6S/c1-21(2,3)33-20(28)22(10-12-31-13-11-22)34(29,30)18-8-9-19(27-14-18)16-4-6-17(7-5-16)32-15-23(24,25)26/h4-9,14H,10-13,15H2,1-3H3. The maximum Gasteiger partial charge on any atom is 0.422 e. The van der Waals surface area contributed by atoms with E-state index in [-0.39, 0.29) is 36.7 Å². The molecule has 1 fully saturated rings. The number of rotatable bonds is 6. The van der Waals surface area contributed by atoms with E-state index in [2.05, 4.69) is 9.72 Å². The van der Waals surface area contributed by atoms with Gasteiger partial charge >= 0.3 is 12.1 Å². The quantitative estimate of drug-likeness (QED) is 0.544. The summed E-state index contributed by atoms with van der Waals surface area (Å²) in [5.41, 5.74) is 0.0894. The van der Waals surface area contributed by atoms with Gasteiger partial charge in [-0.2, -0.15) is 13.2 Å². The van der Waals surface area contributed by atoms with E-state index in [4.69, 9.17) is 9.47 Å². The summed E-state index contributed by atoms with van der Waals surface area (Å²) in [5.74, 6) is -0.777. The van der Waals surface area contributed by atoms with Gasteiger partial charge in [0.25, 0.3) is 0 Å². The molecule has 0 spiro atoms. The summed E-state index contributed by atoms with van der Waals surface area (Å²) in [6.07, 6.45) is -3.35. The molecule has 3 rings (SSSR count). The number of carbonyl (C=O) groups excluding carboxylic acids is 1. The van der Waals surface area contributed by atoms with E-state index in [1.54, 1.807) is 20.8 Å². The lowest BCUT2D eigenvalue weighted by Crippen LogP contribution is -2.53. The third-order valence-corrected chi connectivity index (χ3v) is 7.65. The van der Waals surface area contributed by atoms with Gasteiger partial charge in [-0.15, -0.1) is 0 Å². The third-order valence-electron chi connectivity index (χ3n) is 5.18. The van der Waals surface area contributed by atoms with Crippen LogP contribution < -0.4 is 4.74 Å². The first-order chi connectivity index (χ1) is 15.7. The second-order valence-electron chi connectivity index (χ2n) is 8.92. The maximum atomic E-state index is 13.6. The molecule has 0 amide bonds. The highest BCUT2D eigenvalue weighted by atomic mass is 32.2. The molecular weight excluding hydrogens is 475 g/mol. The van der Waals surface area contributed by atoms with Crippen molar-refractivity contribution < 1.29 is 40.6 Å². The zero-order chi connectivity index (χ0) is 25.2. The van der Waals surface area contributed by atoms with Gasteiger partial charge in [0, 0.05) is 37.8 Å². The van der Waals surface area contributed by atoms with Gasteiger partial charge in [-0.25, -0.2) is 8.42 Å². The highest BCUT2D eigenvalue weighted by molar-refractivity contribution is 7.93. The van der Waals surface area contributed by atoms with Crippen molar-refractivity contribution in [2.24, 2.45) is 0 Å². The highest BCUT2D eigenvalue weighted by Gasteiger charge is 2.54. The molecule has 0 aliphatic carbocycles. The van der Waals surface area contributed by atoms with Crippen molar-refractivity contribution in [3.63, 3.8) is 0 Å². The summed E-state index contributed by atoms with van der Waals surface area (Å²) in [5, 5.41) is 0. The molecule has 1 aromatic heterocycles. The van der Waals surface area contributed by atoms with E-state index in [0.29, 0.717) is 11.3 Å². The summed E-state index contributed by atoms with van der Waals surface area (Å²) in [6, 6.07) is 8.60. The number of hydrogen-bond donors (Lipinski definition) is 0. The minimum absolute atomic E-state index is 0.0363. The van der Waals surface area contributed by atoms with Gasteiger partial charge in [0.1, 0.15) is 11.4 Å². The number of halogens is 3. The van der Waals surface area contributed by atoms with Gasteiger partial charge in [-0.1, -0.05) is 0 Å². The van der Waals surface area contributed by atoms with Crippen molar-refractivity contribution in [2.45, 2.75) is 55.0 Å². The van der Waals surface area contributed by atoms with Gasteiger partial charge in [0.15, 0.2) is 21.2 Å². The number of pyridine rings is 1. The van der Waals surface area contributed by atoms with E-state index in [0.717, 1.165) is 0 Å². The van der Waals surface area contributed by atoms with Crippen molar-refractivity contribution >= 4 is 15.8 Å². The molecular formula is C23H26F3NO6S. The summed E-state index contributed by atoms with van der Waals surface area (Å²) in [6.45, 7) is 3.81. The van der Waals surface area contributed by atoms with E-state index < -0.39 is 38.9 Å². The predicted octanol–water partition coefficient (Wildman–Crippen LogP) is 4.35. The molecule has 1 aliphatic heterocycles. The number of carbonyl (C=O) groups is 1. The molecule has 1 aromatic carbocycles. The molecule has 1 aliphatic rings. The third kappa shape index (κ3) is 5.87. The van der Waals surface area contributed by atoms with Crippen LogP contribution in [0.3, 0.4) is 0 Å². The molecule has 0 atom stereocenters. The molecule has 11 heteroatoms. The fourth-order valence-corrected chi connectivity index (χ4v) is 5.33. The molecule has 7 nitrogen and oxygen atoms in total. The molecule has 0 saturated carbocycles. The zero-order valence-electron chi connectivity index (χ0n) is 19.0. The number of ether oxygens (including phenoxy) is 3. The first-order valence-corrected chi connectivity index (χ1v) is 12.0. The number of esters is 1. The smallest absolute Gasteiger partial charge is 0.422 e. The first-order valence-electron chi connectivity index (χ1n) is 10.6.